The molecule has 2 N–H and O–H groups in total. The van der Waals surface area contributed by atoms with E-state index in [1.54, 1.807) is 30.3 Å². The van der Waals surface area contributed by atoms with Gasteiger partial charge < -0.3 is 15.2 Å². The number of aromatic amines is 1. The van der Waals surface area contributed by atoms with Gasteiger partial charge in [-0.15, -0.1) is 0 Å². The third-order valence-corrected chi connectivity index (χ3v) is 3.71. The zero-order valence-corrected chi connectivity index (χ0v) is 13.7. The highest BCUT2D eigenvalue weighted by Crippen LogP contribution is 2.04. The largest absolute Gasteiger partial charge is 0.352 e. The summed E-state index contributed by atoms with van der Waals surface area (Å²) in [6, 6.07) is 13.1. The minimum absolute atomic E-state index is 0.0209. The smallest absolute Gasteiger partial charge is 0.254 e. The van der Waals surface area contributed by atoms with Gasteiger partial charge in [-0.25, -0.2) is 0 Å². The van der Waals surface area contributed by atoms with Crippen molar-refractivity contribution in [3.8, 4) is 0 Å². The van der Waals surface area contributed by atoms with E-state index in [1.807, 2.05) is 30.3 Å². The quantitative estimate of drug-likeness (QED) is 0.801. The number of amides is 2. The van der Waals surface area contributed by atoms with E-state index in [4.69, 9.17) is 12.2 Å². The predicted molar refractivity (Wildman–Crippen MR) is 91.5 cm³/mol. The summed E-state index contributed by atoms with van der Waals surface area (Å²) in [4.78, 5) is 28.5. The number of benzene rings is 1. The number of pyridine rings is 1. The van der Waals surface area contributed by atoms with E-state index in [2.05, 4.69) is 10.3 Å². The second kappa shape index (κ2) is 8.24. The second-order valence-electron chi connectivity index (χ2n) is 5.15. The molecule has 1 aromatic heterocycles. The lowest BCUT2D eigenvalue weighted by atomic mass is 10.2. The van der Waals surface area contributed by atoms with Gasteiger partial charge in [0.1, 0.15) is 4.64 Å². The highest BCUT2D eigenvalue weighted by Gasteiger charge is 2.11. The van der Waals surface area contributed by atoms with Crippen LogP contribution in [0.2, 0.25) is 0 Å². The molecule has 2 amide bonds. The van der Waals surface area contributed by atoms with Gasteiger partial charge in [-0.1, -0.05) is 42.5 Å². The van der Waals surface area contributed by atoms with Crippen molar-refractivity contribution in [2.45, 2.75) is 13.0 Å². The Morgan fingerprint density at radius 1 is 1.17 bits per heavy atom. The van der Waals surface area contributed by atoms with Gasteiger partial charge in [0.2, 0.25) is 5.91 Å². The van der Waals surface area contributed by atoms with Crippen molar-refractivity contribution in [2.24, 2.45) is 0 Å². The zero-order chi connectivity index (χ0) is 16.7. The maximum atomic E-state index is 12.1. The molecule has 0 aliphatic carbocycles. The molecule has 0 aliphatic heterocycles. The molecule has 0 spiro atoms. The Balaban J connectivity index is 1.79. The minimum Gasteiger partial charge on any atom is -0.352 e. The summed E-state index contributed by atoms with van der Waals surface area (Å²) in [7, 11) is 1.75. The summed E-state index contributed by atoms with van der Waals surface area (Å²) < 4.78 is 0.387. The van der Waals surface area contributed by atoms with E-state index < -0.39 is 0 Å². The summed E-state index contributed by atoms with van der Waals surface area (Å²) in [6.45, 7) is 0.831. The number of nitrogens with zero attached hydrogens (tertiary/aromatic N) is 1. The number of H-pyrrole nitrogens is 1. The Kier molecular flexibility index (Phi) is 6.05. The monoisotopic (exact) mass is 329 g/mol. The van der Waals surface area contributed by atoms with Crippen LogP contribution in [0.4, 0.5) is 0 Å². The standard InChI is InChI=1S/C17H19N3O2S/c1-20(12-13-6-3-2-4-7-13)15(21)9-11-18-16(22)14-8-5-10-19-17(14)23/h2-8,10H,9,11-12H2,1H3,(H,18,22)(H,19,23). The molecule has 0 atom stereocenters. The normalized spacial score (nSPS) is 10.1. The van der Waals surface area contributed by atoms with Gasteiger partial charge in [0.15, 0.2) is 0 Å². The molecule has 2 aromatic rings. The topological polar surface area (TPSA) is 65.2 Å². The summed E-state index contributed by atoms with van der Waals surface area (Å²) >= 11 is 5.05. The predicted octanol–water partition coefficient (Wildman–Crippen LogP) is 2.52. The highest BCUT2D eigenvalue weighted by molar-refractivity contribution is 7.71. The van der Waals surface area contributed by atoms with E-state index in [0.717, 1.165) is 5.56 Å². The third-order valence-electron chi connectivity index (χ3n) is 3.38. The molecule has 6 heteroatoms. The number of carbonyl (C=O) groups excluding carboxylic acids is 2. The fraction of sp³-hybridized carbons (Fsp3) is 0.235. The lowest BCUT2D eigenvalue weighted by Crippen LogP contribution is -2.32. The molecule has 0 bridgehead atoms. The third kappa shape index (κ3) is 5.03. The summed E-state index contributed by atoms with van der Waals surface area (Å²) in [5.41, 5.74) is 1.48. The minimum atomic E-state index is -0.273. The summed E-state index contributed by atoms with van der Waals surface area (Å²) in [5.74, 6) is -0.294. The number of hydrogen-bond acceptors (Lipinski definition) is 3. The molecular formula is C17H19N3O2S. The molecular weight excluding hydrogens is 310 g/mol. The Morgan fingerprint density at radius 2 is 1.91 bits per heavy atom. The van der Waals surface area contributed by atoms with Crippen LogP contribution in [0.15, 0.2) is 48.7 Å². The van der Waals surface area contributed by atoms with Crippen LogP contribution in [-0.4, -0.2) is 35.3 Å². The lowest BCUT2D eigenvalue weighted by molar-refractivity contribution is -0.130. The summed E-state index contributed by atoms with van der Waals surface area (Å²) in [5, 5.41) is 2.72. The van der Waals surface area contributed by atoms with Gasteiger partial charge in [0.25, 0.3) is 5.91 Å². The van der Waals surface area contributed by atoms with Crippen LogP contribution in [0, 0.1) is 4.64 Å². The molecule has 120 valence electrons. The van der Waals surface area contributed by atoms with Crippen LogP contribution in [0.1, 0.15) is 22.3 Å². The van der Waals surface area contributed by atoms with Gasteiger partial charge in [0, 0.05) is 32.8 Å². The first kappa shape index (κ1) is 16.9. The molecule has 0 radical (unpaired) electrons. The van der Waals surface area contributed by atoms with Crippen LogP contribution < -0.4 is 5.32 Å². The van der Waals surface area contributed by atoms with Crippen molar-refractivity contribution in [3.05, 3.63) is 64.4 Å². The molecule has 0 unspecified atom stereocenters. The van der Waals surface area contributed by atoms with Crippen LogP contribution in [0.3, 0.4) is 0 Å². The maximum absolute atomic E-state index is 12.1. The molecule has 1 aromatic carbocycles. The Hall–Kier alpha value is -2.47. The maximum Gasteiger partial charge on any atom is 0.254 e. The van der Waals surface area contributed by atoms with Crippen molar-refractivity contribution < 1.29 is 9.59 Å². The molecule has 23 heavy (non-hydrogen) atoms. The number of nitrogens with one attached hydrogen (secondary N) is 2. The molecule has 0 saturated carbocycles. The zero-order valence-electron chi connectivity index (χ0n) is 12.9. The van der Waals surface area contributed by atoms with Gasteiger partial charge >= 0.3 is 0 Å². The van der Waals surface area contributed by atoms with Crippen molar-refractivity contribution in [1.29, 1.82) is 0 Å². The highest BCUT2D eigenvalue weighted by atomic mass is 32.1. The first-order valence-corrected chi connectivity index (χ1v) is 7.72. The van der Waals surface area contributed by atoms with Crippen molar-refractivity contribution >= 4 is 24.0 Å². The van der Waals surface area contributed by atoms with E-state index in [-0.39, 0.29) is 24.8 Å². The molecule has 1 heterocycles. The van der Waals surface area contributed by atoms with Crippen LogP contribution >= 0.6 is 12.2 Å². The van der Waals surface area contributed by atoms with Gasteiger partial charge in [-0.2, -0.15) is 0 Å². The number of rotatable bonds is 6. The van der Waals surface area contributed by atoms with Gasteiger partial charge in [0.05, 0.1) is 5.56 Å². The second-order valence-corrected chi connectivity index (χ2v) is 5.56. The van der Waals surface area contributed by atoms with E-state index in [9.17, 15) is 9.59 Å². The van der Waals surface area contributed by atoms with Crippen LogP contribution in [-0.2, 0) is 11.3 Å². The first-order chi connectivity index (χ1) is 11.1. The van der Waals surface area contributed by atoms with E-state index in [0.29, 0.717) is 16.7 Å². The van der Waals surface area contributed by atoms with Gasteiger partial charge in [-0.05, 0) is 17.7 Å². The molecule has 0 fully saturated rings. The molecule has 0 saturated heterocycles. The Bertz CT molecular complexity index is 728. The fourth-order valence-corrected chi connectivity index (χ4v) is 2.34. The first-order valence-electron chi connectivity index (χ1n) is 7.31. The molecule has 2 rings (SSSR count). The van der Waals surface area contributed by atoms with Crippen LogP contribution in [0.25, 0.3) is 0 Å². The number of aromatic nitrogens is 1. The van der Waals surface area contributed by atoms with E-state index >= 15 is 0 Å². The number of carbonyl (C=O) groups is 2. The van der Waals surface area contributed by atoms with Gasteiger partial charge in [-0.3, -0.25) is 9.59 Å². The summed E-state index contributed by atoms with van der Waals surface area (Å²) in [6.07, 6.45) is 1.92. The Morgan fingerprint density at radius 3 is 2.61 bits per heavy atom. The van der Waals surface area contributed by atoms with Crippen molar-refractivity contribution in [2.75, 3.05) is 13.6 Å². The average molecular weight is 329 g/mol. The lowest BCUT2D eigenvalue weighted by Gasteiger charge is -2.17. The fourth-order valence-electron chi connectivity index (χ4n) is 2.11. The molecule has 5 nitrogen and oxygen atoms in total. The molecule has 0 aliphatic rings. The van der Waals surface area contributed by atoms with Crippen LogP contribution in [0.5, 0.6) is 0 Å². The average Bonchev–Trinajstić information content (AvgIpc) is 2.56. The number of hydrogen-bond donors (Lipinski definition) is 2. The Labute approximate surface area is 140 Å². The van der Waals surface area contributed by atoms with Crippen molar-refractivity contribution in [3.63, 3.8) is 0 Å². The SMILES string of the molecule is CN(Cc1ccccc1)C(=O)CCNC(=O)c1ccc[nH]c1=S. The van der Waals surface area contributed by atoms with E-state index in [1.165, 1.54) is 0 Å². The van der Waals surface area contributed by atoms with Crippen molar-refractivity contribution in [1.82, 2.24) is 15.2 Å².